The molecule has 0 aliphatic rings. The van der Waals surface area contributed by atoms with Gasteiger partial charge in [0.25, 0.3) is 0 Å². The summed E-state index contributed by atoms with van der Waals surface area (Å²) in [7, 11) is 0. The zero-order valence-electron chi connectivity index (χ0n) is 5.42. The van der Waals surface area contributed by atoms with Crippen LogP contribution in [0, 0.1) is 13.8 Å². The van der Waals surface area contributed by atoms with Gasteiger partial charge >= 0.3 is 69.6 Å². The van der Waals surface area contributed by atoms with Gasteiger partial charge in [-0.15, -0.1) is 0 Å². The Labute approximate surface area is 69.6 Å². The molecule has 44 valence electrons. The fraction of sp³-hybridized carbons (Fsp3) is 0.400. The molecule has 0 aliphatic heterocycles. The van der Waals surface area contributed by atoms with E-state index < -0.39 is 0 Å². The molecule has 0 amide bonds. The zero-order chi connectivity index (χ0) is 6.85. The molecule has 0 bridgehead atoms. The summed E-state index contributed by atoms with van der Waals surface area (Å²) in [6.45, 7) is 3.78. The van der Waals surface area contributed by atoms with Crippen molar-refractivity contribution >= 4 is 29.2 Å². The molecule has 0 aromatic carbocycles. The van der Waals surface area contributed by atoms with Gasteiger partial charge in [-0.1, -0.05) is 0 Å². The van der Waals surface area contributed by atoms with Crippen molar-refractivity contribution in [2.24, 2.45) is 0 Å². The van der Waals surface area contributed by atoms with Gasteiger partial charge in [-0.2, -0.15) is 0 Å². The first-order valence-electron chi connectivity index (χ1n) is 2.63. The summed E-state index contributed by atoms with van der Waals surface area (Å²) < 4.78 is 0.958. The molecule has 1 aromatic rings. The predicted molar refractivity (Wildman–Crippen MR) is 34.7 cm³/mol. The van der Waals surface area contributed by atoms with Crippen LogP contribution >= 0.6 is 0 Å². The van der Waals surface area contributed by atoms with Gasteiger partial charge < -0.3 is 0 Å². The zero-order valence-corrected chi connectivity index (χ0v) is 9.91. The van der Waals surface area contributed by atoms with Gasteiger partial charge in [0.2, 0.25) is 0 Å². The molecule has 1 rings (SSSR count). The number of hydrogen-bond donors (Lipinski definition) is 0. The van der Waals surface area contributed by atoms with Crippen LogP contribution in [-0.4, -0.2) is 40.7 Å². The van der Waals surface area contributed by atoms with E-state index in [0.717, 1.165) is 40.8 Å². The Morgan fingerprint density at radius 2 is 1.44 bits per heavy atom. The summed E-state index contributed by atoms with van der Waals surface area (Å²) in [6.07, 6.45) is 0. The molecule has 4 heteroatoms. The van der Waals surface area contributed by atoms with Crippen LogP contribution in [0.2, 0.25) is 0 Å². The number of aryl methyl sites for hydroxylation is 2. The van der Waals surface area contributed by atoms with Crippen LogP contribution in [0.1, 0.15) is 11.6 Å². The summed E-state index contributed by atoms with van der Waals surface area (Å²) in [5.74, 6) is 1.67. The number of rotatable bonds is 0. The first kappa shape index (κ1) is 7.04. The Balaban J connectivity index is 3.17. The van der Waals surface area contributed by atoms with E-state index in [1.165, 1.54) is 0 Å². The molecule has 0 saturated heterocycles. The second kappa shape index (κ2) is 2.68. The predicted octanol–water partition coefficient (Wildman–Crippen LogP) is -0.718. The summed E-state index contributed by atoms with van der Waals surface area (Å²) in [4.78, 5) is 12.2. The van der Waals surface area contributed by atoms with Crippen LogP contribution in [0.3, 0.4) is 0 Å². The van der Waals surface area contributed by atoms with Crippen LogP contribution in [0.15, 0.2) is 0 Å². The van der Waals surface area contributed by atoms with Crippen molar-refractivity contribution in [2.45, 2.75) is 13.8 Å². The quantitative estimate of drug-likeness (QED) is 0.594. The molecule has 0 aliphatic carbocycles. The van der Waals surface area contributed by atoms with Crippen molar-refractivity contribution in [1.82, 2.24) is 15.0 Å². The molecule has 1 aromatic heterocycles. The van der Waals surface area contributed by atoms with Gasteiger partial charge in [0.1, 0.15) is 0 Å². The van der Waals surface area contributed by atoms with E-state index in [9.17, 15) is 0 Å². The van der Waals surface area contributed by atoms with E-state index in [-0.39, 0.29) is 0 Å². The van der Waals surface area contributed by atoms with Crippen molar-refractivity contribution in [3.8, 4) is 0 Å². The first-order valence-corrected chi connectivity index (χ1v) is 4.87. The normalized spacial score (nSPS) is 9.44. The van der Waals surface area contributed by atoms with E-state index in [2.05, 4.69) is 15.0 Å². The molecule has 1 heterocycles. The molecule has 0 unspecified atom stereocenters. The van der Waals surface area contributed by atoms with E-state index in [1.54, 1.807) is 0 Å². The van der Waals surface area contributed by atoms with Crippen LogP contribution in [0.5, 0.6) is 0 Å². The van der Waals surface area contributed by atoms with Crippen molar-refractivity contribution in [3.05, 3.63) is 11.6 Å². The van der Waals surface area contributed by atoms with E-state index in [1.807, 2.05) is 13.8 Å². The molecule has 0 N–H and O–H groups in total. The Morgan fingerprint density at radius 3 is 1.78 bits per heavy atom. The Morgan fingerprint density at radius 1 is 1.00 bits per heavy atom. The third kappa shape index (κ3) is 1.96. The van der Waals surface area contributed by atoms with Crippen molar-refractivity contribution in [1.29, 1.82) is 0 Å². The second-order valence-electron chi connectivity index (χ2n) is 1.79. The monoisotopic (exact) mass is 313 g/mol. The fourth-order valence-electron chi connectivity index (χ4n) is 0.641. The van der Waals surface area contributed by atoms with E-state index in [4.69, 9.17) is 0 Å². The van der Waals surface area contributed by atoms with Crippen molar-refractivity contribution < 1.29 is 0 Å². The molecule has 0 atom stereocenters. The third-order valence-corrected chi connectivity index (χ3v) is 1.88. The molecule has 3 nitrogen and oxygen atoms in total. The van der Waals surface area contributed by atoms with Crippen LogP contribution < -0.4 is 3.38 Å². The first-order chi connectivity index (χ1) is 4.18. The fourth-order valence-corrected chi connectivity index (χ4v) is 2.09. The topological polar surface area (TPSA) is 38.7 Å². The second-order valence-corrected chi connectivity index (χ2v) is 3.80. The Hall–Kier alpha value is -0.0679. The number of hydrogen-bond acceptors (Lipinski definition) is 3. The summed E-state index contributed by atoms with van der Waals surface area (Å²) >= 11 is 0.718. The average Bonchev–Trinajstić information content (AvgIpc) is 1.59. The summed E-state index contributed by atoms with van der Waals surface area (Å²) in [5, 5.41) is 0. The maximum absolute atomic E-state index is 4.09. The molecular weight excluding hydrogens is 306 g/mol. The minimum absolute atomic E-state index is 0.718. The van der Waals surface area contributed by atoms with Crippen molar-refractivity contribution in [2.75, 3.05) is 0 Å². The third-order valence-electron chi connectivity index (χ3n) is 0.876. The van der Waals surface area contributed by atoms with Crippen LogP contribution in [-0.2, 0) is 0 Å². The van der Waals surface area contributed by atoms with Gasteiger partial charge in [0.05, 0.1) is 0 Å². The van der Waals surface area contributed by atoms with Gasteiger partial charge in [-0.05, 0) is 0 Å². The number of aromatic nitrogens is 3. The average molecular weight is 313 g/mol. The summed E-state index contributed by atoms with van der Waals surface area (Å²) in [6, 6.07) is 0. The molecule has 0 saturated carbocycles. The van der Waals surface area contributed by atoms with E-state index >= 15 is 0 Å². The minimum atomic E-state index is 0.718. The van der Waals surface area contributed by atoms with E-state index in [0.29, 0.717) is 0 Å². The van der Waals surface area contributed by atoms with Crippen LogP contribution in [0.25, 0.3) is 0 Å². The maximum atomic E-state index is 4.09. The van der Waals surface area contributed by atoms with Crippen LogP contribution in [0.4, 0.5) is 0 Å². The Kier molecular flexibility index (Phi) is 2.10. The molecule has 0 fully saturated rings. The molecule has 9 heavy (non-hydrogen) atoms. The Bertz CT molecular complexity index is 173. The van der Waals surface area contributed by atoms with Gasteiger partial charge in [-0.3, -0.25) is 0 Å². The standard InChI is InChI=1S/C5H6N3.Tl/c1-4-6-3-7-5(2)8-4;/h1-2H3;. The molecular formula is C5H6N3Tl. The van der Waals surface area contributed by atoms with Gasteiger partial charge in [-0.25, -0.2) is 0 Å². The van der Waals surface area contributed by atoms with Gasteiger partial charge in [0, 0.05) is 0 Å². The molecule has 0 radical (unpaired) electrons. The SMILES string of the molecule is Cc1nc(C)n[c]([Tl])n1. The van der Waals surface area contributed by atoms with Gasteiger partial charge in [0.15, 0.2) is 0 Å². The summed E-state index contributed by atoms with van der Waals surface area (Å²) in [5.41, 5.74) is 0. The van der Waals surface area contributed by atoms with Crippen molar-refractivity contribution in [3.63, 3.8) is 0 Å². The number of nitrogens with zero attached hydrogens (tertiary/aromatic N) is 3. The molecule has 0 spiro atoms.